The molecule has 0 saturated heterocycles. The molecule has 2 rings (SSSR count). The first-order chi connectivity index (χ1) is 8.72. The van der Waals surface area contributed by atoms with Crippen LogP contribution in [0.3, 0.4) is 0 Å². The van der Waals surface area contributed by atoms with E-state index in [1.54, 1.807) is 7.11 Å². The van der Waals surface area contributed by atoms with E-state index < -0.39 is 0 Å². The molecule has 1 N–H and O–H groups in total. The largest absolute Gasteiger partial charge is 0.497 e. The van der Waals surface area contributed by atoms with Crippen LogP contribution in [0.15, 0.2) is 18.2 Å². The van der Waals surface area contributed by atoms with E-state index in [-0.39, 0.29) is 6.10 Å². The van der Waals surface area contributed by atoms with Crippen LogP contribution in [-0.4, -0.2) is 12.2 Å². The monoisotopic (exact) mass is 248 g/mol. The molecule has 0 bridgehead atoms. The molecule has 0 radical (unpaired) electrons. The Bertz CT molecular complexity index is 379. The number of aliphatic hydroxyl groups is 1. The fraction of sp³-hybridized carbons (Fsp3) is 0.625. The highest BCUT2D eigenvalue weighted by Gasteiger charge is 2.23. The molecular formula is C16H24O2. The summed E-state index contributed by atoms with van der Waals surface area (Å²) in [4.78, 5) is 0. The van der Waals surface area contributed by atoms with Crippen molar-refractivity contribution >= 4 is 0 Å². The summed E-state index contributed by atoms with van der Waals surface area (Å²) in [5.41, 5.74) is 2.20. The molecule has 1 aromatic carbocycles. The second-order valence-corrected chi connectivity index (χ2v) is 5.42. The van der Waals surface area contributed by atoms with E-state index in [9.17, 15) is 5.11 Å². The van der Waals surface area contributed by atoms with Crippen LogP contribution < -0.4 is 4.74 Å². The van der Waals surface area contributed by atoms with Gasteiger partial charge >= 0.3 is 0 Å². The minimum absolute atomic E-state index is 0.311. The number of aliphatic hydroxyl groups excluding tert-OH is 1. The van der Waals surface area contributed by atoms with Crippen molar-refractivity contribution in [3.63, 3.8) is 0 Å². The molecule has 0 aliphatic heterocycles. The van der Waals surface area contributed by atoms with E-state index in [1.807, 2.05) is 18.2 Å². The Balaban J connectivity index is 2.14. The van der Waals surface area contributed by atoms with Crippen molar-refractivity contribution in [2.24, 2.45) is 5.92 Å². The average Bonchev–Trinajstić information content (AvgIpc) is 2.66. The van der Waals surface area contributed by atoms with Gasteiger partial charge in [0.05, 0.1) is 13.2 Å². The Morgan fingerprint density at radius 1 is 1.17 bits per heavy atom. The van der Waals surface area contributed by atoms with E-state index in [0.29, 0.717) is 5.92 Å². The fourth-order valence-corrected chi connectivity index (χ4v) is 2.99. The molecule has 0 aromatic heterocycles. The number of benzene rings is 1. The van der Waals surface area contributed by atoms with Crippen LogP contribution in [-0.2, 0) is 0 Å². The lowest BCUT2D eigenvalue weighted by atomic mass is 9.87. The SMILES string of the molecule is COc1ccc(C(O)C2CCCCCC2)c(C)c1. The van der Waals surface area contributed by atoms with Gasteiger partial charge in [0.25, 0.3) is 0 Å². The van der Waals surface area contributed by atoms with Gasteiger partial charge in [0.15, 0.2) is 0 Å². The maximum Gasteiger partial charge on any atom is 0.119 e. The standard InChI is InChI=1S/C16H24O2/c1-12-11-14(18-2)9-10-15(12)16(17)13-7-5-3-4-6-8-13/h9-11,13,16-17H,3-8H2,1-2H3. The van der Waals surface area contributed by atoms with Gasteiger partial charge in [0.2, 0.25) is 0 Å². The summed E-state index contributed by atoms with van der Waals surface area (Å²) in [5, 5.41) is 10.6. The predicted octanol–water partition coefficient (Wildman–Crippen LogP) is 4.01. The van der Waals surface area contributed by atoms with E-state index >= 15 is 0 Å². The second kappa shape index (κ2) is 6.24. The van der Waals surface area contributed by atoms with Crippen molar-refractivity contribution in [3.05, 3.63) is 29.3 Å². The Morgan fingerprint density at radius 3 is 2.39 bits per heavy atom. The van der Waals surface area contributed by atoms with Gasteiger partial charge in [-0.1, -0.05) is 31.7 Å². The smallest absolute Gasteiger partial charge is 0.119 e. The highest BCUT2D eigenvalue weighted by molar-refractivity contribution is 5.36. The summed E-state index contributed by atoms with van der Waals surface area (Å²) in [7, 11) is 1.68. The van der Waals surface area contributed by atoms with Crippen LogP contribution in [0.5, 0.6) is 5.75 Å². The molecule has 1 aliphatic rings. The molecular weight excluding hydrogens is 224 g/mol. The summed E-state index contributed by atoms with van der Waals surface area (Å²) in [6.45, 7) is 2.05. The van der Waals surface area contributed by atoms with Crippen LogP contribution in [0.1, 0.15) is 55.8 Å². The Hall–Kier alpha value is -1.02. The van der Waals surface area contributed by atoms with Gasteiger partial charge in [0, 0.05) is 0 Å². The molecule has 1 atom stereocenters. The molecule has 0 heterocycles. The van der Waals surface area contributed by atoms with Gasteiger partial charge in [-0.25, -0.2) is 0 Å². The molecule has 1 aromatic rings. The molecule has 2 heteroatoms. The number of methoxy groups -OCH3 is 1. The number of hydrogen-bond acceptors (Lipinski definition) is 2. The second-order valence-electron chi connectivity index (χ2n) is 5.42. The molecule has 0 amide bonds. The molecule has 18 heavy (non-hydrogen) atoms. The van der Waals surface area contributed by atoms with Crippen molar-refractivity contribution in [1.82, 2.24) is 0 Å². The molecule has 100 valence electrons. The molecule has 0 spiro atoms. The van der Waals surface area contributed by atoms with Crippen molar-refractivity contribution in [2.75, 3.05) is 7.11 Å². The molecule has 1 unspecified atom stereocenters. The lowest BCUT2D eigenvalue weighted by molar-refractivity contribution is 0.0981. The number of ether oxygens (including phenoxy) is 1. The summed E-state index contributed by atoms with van der Waals surface area (Å²) >= 11 is 0. The van der Waals surface area contributed by atoms with E-state index in [4.69, 9.17) is 4.74 Å². The number of rotatable bonds is 3. The molecule has 2 nitrogen and oxygen atoms in total. The van der Waals surface area contributed by atoms with Crippen molar-refractivity contribution in [3.8, 4) is 5.75 Å². The van der Waals surface area contributed by atoms with Gasteiger partial charge < -0.3 is 9.84 Å². The zero-order chi connectivity index (χ0) is 13.0. The van der Waals surface area contributed by atoms with Crippen LogP contribution in [0.2, 0.25) is 0 Å². The molecule has 1 saturated carbocycles. The number of aryl methyl sites for hydroxylation is 1. The van der Waals surface area contributed by atoms with Crippen LogP contribution in [0.25, 0.3) is 0 Å². The number of hydrogen-bond donors (Lipinski definition) is 1. The summed E-state index contributed by atoms with van der Waals surface area (Å²) < 4.78 is 5.21. The third-order valence-corrected chi connectivity index (χ3v) is 4.14. The van der Waals surface area contributed by atoms with Gasteiger partial charge in [0.1, 0.15) is 5.75 Å². The minimum Gasteiger partial charge on any atom is -0.497 e. The Labute approximate surface area is 110 Å². The first-order valence-corrected chi connectivity index (χ1v) is 7.05. The van der Waals surface area contributed by atoms with E-state index in [0.717, 1.165) is 29.7 Å². The predicted molar refractivity (Wildman–Crippen MR) is 73.9 cm³/mol. The van der Waals surface area contributed by atoms with Crippen molar-refractivity contribution in [2.45, 2.75) is 51.6 Å². The molecule has 1 fully saturated rings. The average molecular weight is 248 g/mol. The Morgan fingerprint density at radius 2 is 1.83 bits per heavy atom. The minimum atomic E-state index is -0.311. The van der Waals surface area contributed by atoms with Gasteiger partial charge in [-0.05, 0) is 48.9 Å². The first-order valence-electron chi connectivity index (χ1n) is 7.05. The molecule has 1 aliphatic carbocycles. The highest BCUT2D eigenvalue weighted by atomic mass is 16.5. The third kappa shape index (κ3) is 3.05. The lowest BCUT2D eigenvalue weighted by Crippen LogP contribution is -2.13. The Kier molecular flexibility index (Phi) is 4.65. The van der Waals surface area contributed by atoms with Gasteiger partial charge in [-0.3, -0.25) is 0 Å². The lowest BCUT2D eigenvalue weighted by Gasteiger charge is -2.23. The van der Waals surface area contributed by atoms with Crippen LogP contribution in [0.4, 0.5) is 0 Å². The first kappa shape index (κ1) is 13.4. The highest BCUT2D eigenvalue weighted by Crippen LogP contribution is 2.35. The van der Waals surface area contributed by atoms with Crippen molar-refractivity contribution in [1.29, 1.82) is 0 Å². The maximum atomic E-state index is 10.6. The van der Waals surface area contributed by atoms with Crippen LogP contribution >= 0.6 is 0 Å². The quantitative estimate of drug-likeness (QED) is 0.819. The van der Waals surface area contributed by atoms with Crippen molar-refractivity contribution < 1.29 is 9.84 Å². The summed E-state index contributed by atoms with van der Waals surface area (Å²) in [6, 6.07) is 5.97. The summed E-state index contributed by atoms with van der Waals surface area (Å²) in [5.74, 6) is 1.30. The maximum absolute atomic E-state index is 10.6. The van der Waals surface area contributed by atoms with Gasteiger partial charge in [-0.15, -0.1) is 0 Å². The van der Waals surface area contributed by atoms with Gasteiger partial charge in [-0.2, -0.15) is 0 Å². The zero-order valence-corrected chi connectivity index (χ0v) is 11.5. The summed E-state index contributed by atoms with van der Waals surface area (Å²) in [6.07, 6.45) is 7.18. The normalized spacial score (nSPS) is 19.3. The van der Waals surface area contributed by atoms with Crippen LogP contribution in [0, 0.1) is 12.8 Å². The zero-order valence-electron chi connectivity index (χ0n) is 11.5. The third-order valence-electron chi connectivity index (χ3n) is 4.14. The fourth-order valence-electron chi connectivity index (χ4n) is 2.99. The van der Waals surface area contributed by atoms with E-state index in [1.165, 1.54) is 25.7 Å². The topological polar surface area (TPSA) is 29.5 Å². The van der Waals surface area contributed by atoms with E-state index in [2.05, 4.69) is 6.92 Å².